The number of alkyl halides is 2. The normalized spacial score (nSPS) is 11.4. The van der Waals surface area contributed by atoms with Crippen LogP contribution in [-0.4, -0.2) is 32.1 Å². The van der Waals surface area contributed by atoms with Crippen LogP contribution in [0.4, 0.5) is 8.78 Å². The molecule has 0 unspecified atom stereocenters. The molecule has 17 heavy (non-hydrogen) atoms. The van der Waals surface area contributed by atoms with Gasteiger partial charge in [0, 0.05) is 12.1 Å². The van der Waals surface area contributed by atoms with E-state index in [4.69, 9.17) is 0 Å². The summed E-state index contributed by atoms with van der Waals surface area (Å²) >= 11 is 0. The molecule has 2 nitrogen and oxygen atoms in total. The van der Waals surface area contributed by atoms with Crippen molar-refractivity contribution < 1.29 is 8.78 Å². The largest absolute Gasteiger partial charge is 0.313 e. The van der Waals surface area contributed by atoms with Gasteiger partial charge in [-0.1, -0.05) is 24.3 Å². The van der Waals surface area contributed by atoms with Crippen molar-refractivity contribution in [1.82, 2.24) is 10.2 Å². The summed E-state index contributed by atoms with van der Waals surface area (Å²) in [6, 6.07) is 6.48. The van der Waals surface area contributed by atoms with Crippen molar-refractivity contribution in [2.75, 3.05) is 27.2 Å². The molecule has 0 heterocycles. The fraction of sp³-hybridized carbons (Fsp3) is 0.538. The van der Waals surface area contributed by atoms with Crippen LogP contribution in [0, 0.1) is 0 Å². The molecule has 0 spiro atoms. The number of nitrogens with one attached hydrogen (secondary N) is 1. The van der Waals surface area contributed by atoms with Gasteiger partial charge in [0.15, 0.2) is 0 Å². The zero-order chi connectivity index (χ0) is 12.7. The van der Waals surface area contributed by atoms with Gasteiger partial charge in [0.25, 0.3) is 6.43 Å². The van der Waals surface area contributed by atoms with Gasteiger partial charge in [0.1, 0.15) is 0 Å². The smallest absolute Gasteiger partial charge is 0.263 e. The van der Waals surface area contributed by atoms with E-state index in [2.05, 4.69) is 10.2 Å². The highest BCUT2D eigenvalue weighted by atomic mass is 19.3. The second-order valence-electron chi connectivity index (χ2n) is 4.38. The Kier molecular flexibility index (Phi) is 6.08. The minimum atomic E-state index is -2.38. The quantitative estimate of drug-likeness (QED) is 0.739. The van der Waals surface area contributed by atoms with Crippen molar-refractivity contribution >= 4 is 0 Å². The lowest BCUT2D eigenvalue weighted by Gasteiger charge is -2.10. The molecule has 0 atom stereocenters. The zero-order valence-corrected chi connectivity index (χ0v) is 10.4. The lowest BCUT2D eigenvalue weighted by atomic mass is 10.1. The van der Waals surface area contributed by atoms with Crippen LogP contribution in [-0.2, 0) is 6.54 Å². The Morgan fingerprint density at radius 1 is 1.18 bits per heavy atom. The van der Waals surface area contributed by atoms with Crippen LogP contribution in [0.2, 0.25) is 0 Å². The maximum absolute atomic E-state index is 12.3. The molecule has 96 valence electrons. The van der Waals surface area contributed by atoms with Gasteiger partial charge in [-0.15, -0.1) is 0 Å². The van der Waals surface area contributed by atoms with Crippen LogP contribution >= 0.6 is 0 Å². The molecule has 0 saturated carbocycles. The van der Waals surface area contributed by atoms with Crippen LogP contribution in [0.5, 0.6) is 0 Å². The van der Waals surface area contributed by atoms with Crippen LogP contribution in [0.3, 0.4) is 0 Å². The van der Waals surface area contributed by atoms with Crippen LogP contribution in [0.25, 0.3) is 0 Å². The molecule has 0 fully saturated rings. The van der Waals surface area contributed by atoms with Gasteiger partial charge in [-0.2, -0.15) is 0 Å². The number of halogens is 2. The van der Waals surface area contributed by atoms with Crippen molar-refractivity contribution in [3.8, 4) is 0 Å². The van der Waals surface area contributed by atoms with E-state index in [1.165, 1.54) is 12.1 Å². The Bertz CT molecular complexity index is 310. The van der Waals surface area contributed by atoms with Gasteiger partial charge >= 0.3 is 0 Å². The molecular weight excluding hydrogens is 222 g/mol. The standard InChI is InChI=1S/C13H20F2N2/c1-17(2)9-3-8-16-10-11-4-6-12(7-5-11)13(14)15/h4-7,13,16H,3,8-10H2,1-2H3. The lowest BCUT2D eigenvalue weighted by molar-refractivity contribution is 0.151. The third-order valence-electron chi connectivity index (χ3n) is 2.52. The molecule has 1 N–H and O–H groups in total. The zero-order valence-electron chi connectivity index (χ0n) is 10.4. The summed E-state index contributed by atoms with van der Waals surface area (Å²) in [4.78, 5) is 2.14. The number of nitrogens with zero attached hydrogens (tertiary/aromatic N) is 1. The molecule has 0 bridgehead atoms. The SMILES string of the molecule is CN(C)CCCNCc1ccc(C(F)F)cc1. The maximum atomic E-state index is 12.3. The molecule has 0 aliphatic heterocycles. The highest BCUT2D eigenvalue weighted by Crippen LogP contribution is 2.18. The van der Waals surface area contributed by atoms with E-state index < -0.39 is 6.43 Å². The molecule has 4 heteroatoms. The van der Waals surface area contributed by atoms with Gasteiger partial charge in [-0.3, -0.25) is 0 Å². The summed E-state index contributed by atoms with van der Waals surface area (Å²) in [5.74, 6) is 0. The van der Waals surface area contributed by atoms with Gasteiger partial charge in [0.05, 0.1) is 0 Å². The van der Waals surface area contributed by atoms with E-state index >= 15 is 0 Å². The third-order valence-corrected chi connectivity index (χ3v) is 2.52. The van der Waals surface area contributed by atoms with Crippen LogP contribution < -0.4 is 5.32 Å². The van der Waals surface area contributed by atoms with Crippen molar-refractivity contribution in [2.45, 2.75) is 19.4 Å². The van der Waals surface area contributed by atoms with E-state index in [9.17, 15) is 8.78 Å². The Balaban J connectivity index is 2.23. The van der Waals surface area contributed by atoms with E-state index in [1.807, 2.05) is 14.1 Å². The Morgan fingerprint density at radius 2 is 1.82 bits per heavy atom. The van der Waals surface area contributed by atoms with E-state index in [-0.39, 0.29) is 5.56 Å². The van der Waals surface area contributed by atoms with Crippen molar-refractivity contribution in [2.24, 2.45) is 0 Å². The highest BCUT2D eigenvalue weighted by Gasteiger charge is 2.05. The monoisotopic (exact) mass is 242 g/mol. The van der Waals surface area contributed by atoms with E-state index in [0.29, 0.717) is 0 Å². The van der Waals surface area contributed by atoms with Crippen molar-refractivity contribution in [3.05, 3.63) is 35.4 Å². The molecule has 0 saturated heterocycles. The minimum absolute atomic E-state index is 0.0846. The average molecular weight is 242 g/mol. The molecule has 0 radical (unpaired) electrons. The second kappa shape index (κ2) is 7.35. The highest BCUT2D eigenvalue weighted by molar-refractivity contribution is 5.23. The first kappa shape index (κ1) is 14.1. The van der Waals surface area contributed by atoms with Crippen molar-refractivity contribution in [1.29, 1.82) is 0 Å². The predicted molar refractivity (Wildman–Crippen MR) is 66.3 cm³/mol. The summed E-state index contributed by atoms with van der Waals surface area (Å²) in [6.45, 7) is 2.73. The predicted octanol–water partition coefficient (Wildman–Crippen LogP) is 2.67. The fourth-order valence-corrected chi connectivity index (χ4v) is 1.53. The molecular formula is C13H20F2N2. The summed E-state index contributed by atoms with van der Waals surface area (Å²) in [6.07, 6.45) is -1.29. The molecule has 0 aromatic heterocycles. The molecule has 1 rings (SSSR count). The van der Waals surface area contributed by atoms with Gasteiger partial charge in [-0.05, 0) is 39.2 Å². The van der Waals surface area contributed by atoms with Gasteiger partial charge in [-0.25, -0.2) is 8.78 Å². The lowest BCUT2D eigenvalue weighted by Crippen LogP contribution is -2.20. The summed E-state index contributed by atoms with van der Waals surface area (Å²) in [5.41, 5.74) is 1.13. The first-order valence-electron chi connectivity index (χ1n) is 5.82. The van der Waals surface area contributed by atoms with E-state index in [1.54, 1.807) is 12.1 Å². The second-order valence-corrected chi connectivity index (χ2v) is 4.38. The maximum Gasteiger partial charge on any atom is 0.263 e. The van der Waals surface area contributed by atoms with Gasteiger partial charge in [0.2, 0.25) is 0 Å². The summed E-state index contributed by atoms with van der Waals surface area (Å²) < 4.78 is 24.6. The Hall–Kier alpha value is -1.00. The molecule has 1 aromatic rings. The average Bonchev–Trinajstić information content (AvgIpc) is 2.29. The number of hydrogen-bond donors (Lipinski definition) is 1. The first-order valence-corrected chi connectivity index (χ1v) is 5.82. The number of benzene rings is 1. The molecule has 0 aliphatic carbocycles. The van der Waals surface area contributed by atoms with Gasteiger partial charge < -0.3 is 10.2 Å². The Labute approximate surface area is 102 Å². The Morgan fingerprint density at radius 3 is 2.35 bits per heavy atom. The fourth-order valence-electron chi connectivity index (χ4n) is 1.53. The summed E-state index contributed by atoms with van der Waals surface area (Å²) in [5, 5.41) is 3.29. The van der Waals surface area contributed by atoms with E-state index in [0.717, 1.165) is 31.6 Å². The van der Waals surface area contributed by atoms with Crippen molar-refractivity contribution in [3.63, 3.8) is 0 Å². The first-order chi connectivity index (χ1) is 8.09. The summed E-state index contributed by atoms with van der Waals surface area (Å²) in [7, 11) is 4.09. The molecule has 1 aromatic carbocycles. The number of hydrogen-bond acceptors (Lipinski definition) is 2. The third kappa shape index (κ3) is 5.75. The van der Waals surface area contributed by atoms with Crippen LogP contribution in [0.1, 0.15) is 24.0 Å². The topological polar surface area (TPSA) is 15.3 Å². The minimum Gasteiger partial charge on any atom is -0.313 e. The van der Waals surface area contributed by atoms with Crippen LogP contribution in [0.15, 0.2) is 24.3 Å². The molecule has 0 aliphatic rings. The number of rotatable bonds is 7. The molecule has 0 amide bonds.